The molecule has 1 atom stereocenters. The van der Waals surface area contributed by atoms with Crippen molar-refractivity contribution in [2.45, 2.75) is 19.8 Å². The van der Waals surface area contributed by atoms with E-state index in [-0.39, 0.29) is 11.8 Å². The molecular formula is C17H20N2O3S. The third-order valence-electron chi connectivity index (χ3n) is 3.85. The van der Waals surface area contributed by atoms with Crippen molar-refractivity contribution in [1.29, 1.82) is 0 Å². The Labute approximate surface area is 139 Å². The van der Waals surface area contributed by atoms with Crippen molar-refractivity contribution < 1.29 is 14.3 Å². The second-order valence-electron chi connectivity index (χ2n) is 5.69. The van der Waals surface area contributed by atoms with E-state index < -0.39 is 0 Å². The van der Waals surface area contributed by atoms with Crippen LogP contribution < -0.4 is 14.8 Å². The number of hydrogen-bond donors (Lipinski definition) is 1. The smallest absolute Gasteiger partial charge is 0.226 e. The number of nitrogens with zero attached hydrogens (tertiary/aromatic N) is 1. The molecule has 122 valence electrons. The fourth-order valence-electron chi connectivity index (χ4n) is 2.65. The van der Waals surface area contributed by atoms with E-state index in [1.54, 1.807) is 18.4 Å². The van der Waals surface area contributed by atoms with Gasteiger partial charge in [-0.2, -0.15) is 0 Å². The molecule has 0 radical (unpaired) electrons. The van der Waals surface area contributed by atoms with Crippen molar-refractivity contribution in [3.8, 4) is 11.5 Å². The molecule has 1 N–H and O–H groups in total. The minimum Gasteiger partial charge on any atom is -0.497 e. The number of aryl methyl sites for hydroxylation is 1. The van der Waals surface area contributed by atoms with Crippen molar-refractivity contribution in [2.24, 2.45) is 5.92 Å². The summed E-state index contributed by atoms with van der Waals surface area (Å²) in [6.45, 7) is 3.17. The zero-order chi connectivity index (χ0) is 16.2. The Morgan fingerprint density at radius 1 is 1.52 bits per heavy atom. The van der Waals surface area contributed by atoms with Crippen LogP contribution in [0.5, 0.6) is 11.5 Å². The quantitative estimate of drug-likeness (QED) is 0.913. The van der Waals surface area contributed by atoms with Gasteiger partial charge in [-0.25, -0.2) is 4.98 Å². The number of carbonyl (C=O) groups is 1. The maximum atomic E-state index is 12.0. The first-order valence-electron chi connectivity index (χ1n) is 7.61. The van der Waals surface area contributed by atoms with Gasteiger partial charge in [0.05, 0.1) is 30.8 Å². The molecule has 1 aromatic heterocycles. The van der Waals surface area contributed by atoms with Crippen LogP contribution >= 0.6 is 11.3 Å². The van der Waals surface area contributed by atoms with E-state index in [1.165, 1.54) is 0 Å². The number of ether oxygens (including phenoxy) is 2. The van der Waals surface area contributed by atoms with Crippen molar-refractivity contribution in [3.05, 3.63) is 39.8 Å². The van der Waals surface area contributed by atoms with Crippen LogP contribution in [0.2, 0.25) is 0 Å². The van der Waals surface area contributed by atoms with E-state index >= 15 is 0 Å². The molecule has 3 rings (SSSR count). The summed E-state index contributed by atoms with van der Waals surface area (Å²) in [7, 11) is 1.65. The molecule has 0 saturated heterocycles. The van der Waals surface area contributed by atoms with Gasteiger partial charge in [-0.1, -0.05) is 6.07 Å². The third kappa shape index (κ3) is 4.01. The Bertz CT molecular complexity index is 699. The summed E-state index contributed by atoms with van der Waals surface area (Å²) in [4.78, 5) is 16.3. The molecule has 0 fully saturated rings. The molecule has 5 nitrogen and oxygen atoms in total. The van der Waals surface area contributed by atoms with Crippen molar-refractivity contribution >= 4 is 17.2 Å². The lowest BCUT2D eigenvalue weighted by molar-refractivity contribution is -0.120. The van der Waals surface area contributed by atoms with Gasteiger partial charge in [0.2, 0.25) is 5.91 Å². The monoisotopic (exact) mass is 332 g/mol. The molecule has 23 heavy (non-hydrogen) atoms. The maximum absolute atomic E-state index is 12.0. The van der Waals surface area contributed by atoms with Gasteiger partial charge in [-0.05, 0) is 25.0 Å². The second kappa shape index (κ2) is 7.00. The van der Waals surface area contributed by atoms with Crippen molar-refractivity contribution in [3.63, 3.8) is 0 Å². The van der Waals surface area contributed by atoms with Crippen LogP contribution in [-0.4, -0.2) is 31.2 Å². The van der Waals surface area contributed by atoms with Gasteiger partial charge in [-0.3, -0.25) is 4.79 Å². The lowest BCUT2D eigenvalue weighted by Crippen LogP contribution is -2.35. The predicted molar refractivity (Wildman–Crippen MR) is 89.2 cm³/mol. The maximum Gasteiger partial charge on any atom is 0.226 e. The molecule has 0 unspecified atom stereocenters. The molecule has 1 aromatic carbocycles. The van der Waals surface area contributed by atoms with Gasteiger partial charge >= 0.3 is 0 Å². The van der Waals surface area contributed by atoms with E-state index in [4.69, 9.17) is 9.47 Å². The highest BCUT2D eigenvalue weighted by Crippen LogP contribution is 2.30. The lowest BCUT2D eigenvalue weighted by atomic mass is 9.96. The molecule has 1 amide bonds. The number of nitrogens with one attached hydrogen (secondary N) is 1. The Balaban J connectivity index is 1.50. The number of benzene rings is 1. The van der Waals surface area contributed by atoms with Crippen LogP contribution in [0.1, 0.15) is 16.3 Å². The molecule has 6 heteroatoms. The average Bonchev–Trinajstić information content (AvgIpc) is 2.97. The molecule has 0 saturated carbocycles. The Hall–Kier alpha value is -2.08. The SMILES string of the molecule is COc1ccc2c(c1)OC[C@@H](CNC(=O)Cc1csc(C)n1)C2. The van der Waals surface area contributed by atoms with Gasteiger partial charge < -0.3 is 14.8 Å². The summed E-state index contributed by atoms with van der Waals surface area (Å²) >= 11 is 1.57. The van der Waals surface area contributed by atoms with E-state index in [2.05, 4.69) is 10.3 Å². The van der Waals surface area contributed by atoms with Gasteiger partial charge in [0.1, 0.15) is 11.5 Å². The summed E-state index contributed by atoms with van der Waals surface area (Å²) < 4.78 is 11.0. The van der Waals surface area contributed by atoms with Crippen LogP contribution in [0.15, 0.2) is 23.6 Å². The summed E-state index contributed by atoms with van der Waals surface area (Å²) in [6, 6.07) is 5.88. The number of aromatic nitrogens is 1. The topological polar surface area (TPSA) is 60.5 Å². The van der Waals surface area contributed by atoms with Gasteiger partial charge in [0.15, 0.2) is 0 Å². The number of carbonyl (C=O) groups excluding carboxylic acids is 1. The minimum absolute atomic E-state index is 0.0100. The number of methoxy groups -OCH3 is 1. The van der Waals surface area contributed by atoms with Crippen LogP contribution in [0, 0.1) is 12.8 Å². The second-order valence-corrected chi connectivity index (χ2v) is 6.76. The third-order valence-corrected chi connectivity index (χ3v) is 4.68. The summed E-state index contributed by atoms with van der Waals surface area (Å²) in [5.41, 5.74) is 1.99. The minimum atomic E-state index is 0.0100. The Morgan fingerprint density at radius 3 is 3.13 bits per heavy atom. The Morgan fingerprint density at radius 2 is 2.39 bits per heavy atom. The normalized spacial score (nSPS) is 16.3. The summed E-state index contributed by atoms with van der Waals surface area (Å²) in [6.07, 6.45) is 1.24. The molecular weight excluding hydrogens is 312 g/mol. The van der Waals surface area contributed by atoms with Crippen LogP contribution in [0.4, 0.5) is 0 Å². The molecule has 1 aliphatic rings. The number of amides is 1. The van der Waals surface area contributed by atoms with Crippen LogP contribution in [0.25, 0.3) is 0 Å². The highest BCUT2D eigenvalue weighted by atomic mass is 32.1. The highest BCUT2D eigenvalue weighted by Gasteiger charge is 2.21. The number of rotatable bonds is 5. The molecule has 0 aliphatic carbocycles. The number of fused-ring (bicyclic) bond motifs is 1. The van der Waals surface area contributed by atoms with Crippen LogP contribution in [0.3, 0.4) is 0 Å². The zero-order valence-corrected chi connectivity index (χ0v) is 14.1. The van der Waals surface area contributed by atoms with E-state index in [0.29, 0.717) is 19.6 Å². The zero-order valence-electron chi connectivity index (χ0n) is 13.3. The van der Waals surface area contributed by atoms with E-state index in [0.717, 1.165) is 34.2 Å². The summed E-state index contributed by atoms with van der Waals surface area (Å²) in [5, 5.41) is 5.90. The number of thiazole rings is 1. The van der Waals surface area contributed by atoms with Crippen LogP contribution in [-0.2, 0) is 17.6 Å². The van der Waals surface area contributed by atoms with E-state index in [9.17, 15) is 4.79 Å². The molecule has 2 heterocycles. The van der Waals surface area contributed by atoms with Crippen molar-refractivity contribution in [1.82, 2.24) is 10.3 Å². The van der Waals surface area contributed by atoms with E-state index in [1.807, 2.05) is 30.5 Å². The average molecular weight is 332 g/mol. The van der Waals surface area contributed by atoms with Gasteiger partial charge in [0.25, 0.3) is 0 Å². The molecule has 2 aromatic rings. The molecule has 1 aliphatic heterocycles. The highest BCUT2D eigenvalue weighted by molar-refractivity contribution is 7.09. The summed E-state index contributed by atoms with van der Waals surface area (Å²) in [5.74, 6) is 1.98. The molecule has 0 spiro atoms. The van der Waals surface area contributed by atoms with Gasteiger partial charge in [0, 0.05) is 23.9 Å². The standard InChI is InChI=1S/C17H20N2O3S/c1-11-19-14(10-23-11)6-17(20)18-8-12-5-13-3-4-15(21-2)7-16(13)22-9-12/h3-4,7,10,12H,5-6,8-9H2,1-2H3,(H,18,20)/t12-/m1/s1. The first-order chi connectivity index (χ1) is 11.1. The molecule has 0 bridgehead atoms. The lowest BCUT2D eigenvalue weighted by Gasteiger charge is -2.25. The fourth-order valence-corrected chi connectivity index (χ4v) is 3.26. The number of hydrogen-bond acceptors (Lipinski definition) is 5. The van der Waals surface area contributed by atoms with Crippen molar-refractivity contribution in [2.75, 3.05) is 20.3 Å². The largest absolute Gasteiger partial charge is 0.497 e. The van der Waals surface area contributed by atoms with Gasteiger partial charge in [-0.15, -0.1) is 11.3 Å². The fraction of sp³-hybridized carbons (Fsp3) is 0.412. The predicted octanol–water partition coefficient (Wildman–Crippen LogP) is 2.37. The first kappa shape index (κ1) is 15.8. The Kier molecular flexibility index (Phi) is 4.81. The first-order valence-corrected chi connectivity index (χ1v) is 8.49.